The Morgan fingerprint density at radius 1 is 1.00 bits per heavy atom. The minimum atomic E-state index is -0.294. The average molecular weight is 339 g/mol. The van der Waals surface area contributed by atoms with Gasteiger partial charge in [0, 0.05) is 5.92 Å². The third-order valence-electron chi connectivity index (χ3n) is 4.78. The van der Waals surface area contributed by atoms with Gasteiger partial charge < -0.3 is 10.5 Å². The first-order valence-electron chi connectivity index (χ1n) is 9.07. The van der Waals surface area contributed by atoms with E-state index < -0.39 is 0 Å². The molecule has 0 aromatic carbocycles. The highest BCUT2D eigenvalue weighted by Gasteiger charge is 2.24. The lowest BCUT2D eigenvalue weighted by Gasteiger charge is -2.16. The molecule has 0 spiro atoms. The molecule has 0 saturated heterocycles. The molecule has 2 rings (SSSR count). The van der Waals surface area contributed by atoms with E-state index in [1.54, 1.807) is 0 Å². The number of nitrogens with two attached hydrogens (primary N) is 1. The topological polar surface area (TPSA) is 65.2 Å². The predicted molar refractivity (Wildman–Crippen MR) is 96.0 cm³/mol. The Balaban J connectivity index is 2.08. The number of carbonyl (C=O) groups is 1. The Morgan fingerprint density at radius 3 is 1.96 bits per heavy atom. The van der Waals surface area contributed by atoms with E-state index in [4.69, 9.17) is 10.5 Å². The fourth-order valence-electron chi connectivity index (χ4n) is 3.48. The second kappa shape index (κ2) is 9.91. The van der Waals surface area contributed by atoms with E-state index >= 15 is 0 Å². The average Bonchev–Trinajstić information content (AvgIpc) is 2.95. The van der Waals surface area contributed by atoms with E-state index in [1.165, 1.54) is 82.7 Å². The van der Waals surface area contributed by atoms with Gasteiger partial charge in [0.25, 0.3) is 0 Å². The lowest BCUT2D eigenvalue weighted by atomic mass is 9.91. The first kappa shape index (κ1) is 18.2. The van der Waals surface area contributed by atoms with Gasteiger partial charge in [-0.15, -0.1) is 0 Å². The maximum absolute atomic E-state index is 12.0. The Morgan fingerprint density at radius 2 is 1.48 bits per heavy atom. The van der Waals surface area contributed by atoms with Gasteiger partial charge in [-0.2, -0.15) is 0 Å². The summed E-state index contributed by atoms with van der Waals surface area (Å²) in [4.78, 5) is 17.1. The molecule has 1 aromatic heterocycles. The summed E-state index contributed by atoms with van der Waals surface area (Å²) in [5.74, 6) is 0.0514. The summed E-state index contributed by atoms with van der Waals surface area (Å²) in [5.41, 5.74) is 6.75. The number of nitrogens with zero attached hydrogens (tertiary/aromatic N) is 1. The second-order valence-electron chi connectivity index (χ2n) is 6.57. The standard InChI is InChI=1S/C18H30N2O2S/c1-22-17(21)16-15(20-18(19)23-16)14-12-10-8-6-4-2-3-5-7-9-11-13-14/h14H,2-13H2,1H3,(H2,19,20). The quantitative estimate of drug-likeness (QED) is 0.744. The van der Waals surface area contributed by atoms with Crippen molar-refractivity contribution in [2.24, 2.45) is 0 Å². The van der Waals surface area contributed by atoms with Crippen LogP contribution in [0.5, 0.6) is 0 Å². The van der Waals surface area contributed by atoms with Crippen molar-refractivity contribution in [3.63, 3.8) is 0 Å². The van der Waals surface area contributed by atoms with E-state index in [2.05, 4.69) is 4.98 Å². The van der Waals surface area contributed by atoms with Crippen LogP contribution < -0.4 is 5.73 Å². The van der Waals surface area contributed by atoms with Crippen molar-refractivity contribution in [1.29, 1.82) is 0 Å². The number of carbonyl (C=O) groups excluding carboxylic acids is 1. The highest BCUT2D eigenvalue weighted by atomic mass is 32.1. The summed E-state index contributed by atoms with van der Waals surface area (Å²) in [5, 5.41) is 0.475. The molecule has 1 aliphatic carbocycles. The van der Waals surface area contributed by atoms with Crippen molar-refractivity contribution in [3.05, 3.63) is 10.6 Å². The van der Waals surface area contributed by atoms with Gasteiger partial charge in [0.15, 0.2) is 5.13 Å². The molecule has 130 valence electrons. The van der Waals surface area contributed by atoms with Gasteiger partial charge >= 0.3 is 5.97 Å². The molecule has 0 bridgehead atoms. The molecule has 1 aromatic rings. The van der Waals surface area contributed by atoms with Crippen LogP contribution in [0.15, 0.2) is 0 Å². The number of aromatic nitrogens is 1. The Bertz CT molecular complexity index is 473. The summed E-state index contributed by atoms with van der Waals surface area (Å²) < 4.78 is 4.91. The van der Waals surface area contributed by atoms with Crippen molar-refractivity contribution in [1.82, 2.24) is 4.98 Å². The first-order valence-corrected chi connectivity index (χ1v) is 9.88. The largest absolute Gasteiger partial charge is 0.465 e. The van der Waals surface area contributed by atoms with Crippen molar-refractivity contribution < 1.29 is 9.53 Å². The van der Waals surface area contributed by atoms with E-state index in [-0.39, 0.29) is 5.97 Å². The van der Waals surface area contributed by atoms with Gasteiger partial charge in [0.05, 0.1) is 12.8 Å². The van der Waals surface area contributed by atoms with Crippen molar-refractivity contribution in [2.75, 3.05) is 12.8 Å². The monoisotopic (exact) mass is 338 g/mol. The van der Waals surface area contributed by atoms with Gasteiger partial charge in [-0.1, -0.05) is 75.5 Å². The second-order valence-corrected chi connectivity index (χ2v) is 7.60. The van der Waals surface area contributed by atoms with E-state index in [0.717, 1.165) is 18.5 Å². The molecule has 0 amide bonds. The molecule has 0 aliphatic heterocycles. The minimum absolute atomic E-state index is 0.294. The van der Waals surface area contributed by atoms with E-state index in [1.807, 2.05) is 0 Å². The molecule has 0 atom stereocenters. The van der Waals surface area contributed by atoms with Crippen LogP contribution in [-0.4, -0.2) is 18.1 Å². The third-order valence-corrected chi connectivity index (χ3v) is 5.66. The fourth-order valence-corrected chi connectivity index (χ4v) is 4.31. The molecular formula is C18H30N2O2S. The van der Waals surface area contributed by atoms with Gasteiger partial charge in [-0.05, 0) is 12.8 Å². The molecule has 1 heterocycles. The van der Waals surface area contributed by atoms with E-state index in [0.29, 0.717) is 15.9 Å². The lowest BCUT2D eigenvalue weighted by molar-refractivity contribution is 0.0604. The normalized spacial score (nSPS) is 19.3. The maximum atomic E-state index is 12.0. The summed E-state index contributed by atoms with van der Waals surface area (Å²) in [6.45, 7) is 0. The van der Waals surface area contributed by atoms with Crippen LogP contribution in [0.2, 0.25) is 0 Å². The van der Waals surface area contributed by atoms with E-state index in [9.17, 15) is 4.79 Å². The zero-order valence-corrected chi connectivity index (χ0v) is 15.1. The molecule has 23 heavy (non-hydrogen) atoms. The molecule has 0 unspecified atom stereocenters. The number of nitrogen functional groups attached to an aromatic ring is 1. The van der Waals surface area contributed by atoms with Crippen LogP contribution in [-0.2, 0) is 4.74 Å². The number of anilines is 1. The van der Waals surface area contributed by atoms with Crippen LogP contribution in [0, 0.1) is 0 Å². The van der Waals surface area contributed by atoms with Crippen LogP contribution >= 0.6 is 11.3 Å². The molecular weight excluding hydrogens is 308 g/mol. The highest BCUT2D eigenvalue weighted by molar-refractivity contribution is 7.17. The molecule has 2 N–H and O–H groups in total. The number of ether oxygens (including phenoxy) is 1. The zero-order valence-electron chi connectivity index (χ0n) is 14.3. The number of thiazole rings is 1. The van der Waals surface area contributed by atoms with Gasteiger partial charge in [-0.25, -0.2) is 9.78 Å². The van der Waals surface area contributed by atoms with Crippen LogP contribution in [0.1, 0.15) is 98.3 Å². The molecule has 1 fully saturated rings. The van der Waals surface area contributed by atoms with Crippen LogP contribution in [0.25, 0.3) is 0 Å². The summed E-state index contributed by atoms with van der Waals surface area (Å²) in [7, 11) is 1.42. The third kappa shape index (κ3) is 5.79. The first-order chi connectivity index (χ1) is 11.2. The van der Waals surface area contributed by atoms with Crippen molar-refractivity contribution >= 4 is 22.4 Å². The smallest absolute Gasteiger partial charge is 0.350 e. The zero-order chi connectivity index (χ0) is 16.5. The molecule has 1 aliphatic rings. The van der Waals surface area contributed by atoms with Crippen LogP contribution in [0.3, 0.4) is 0 Å². The number of methoxy groups -OCH3 is 1. The number of hydrogen-bond donors (Lipinski definition) is 1. The fraction of sp³-hybridized carbons (Fsp3) is 0.778. The summed E-state index contributed by atoms with van der Waals surface area (Å²) in [6, 6.07) is 0. The lowest BCUT2D eigenvalue weighted by Crippen LogP contribution is -2.08. The Labute approximate surface area is 143 Å². The Hall–Kier alpha value is -1.10. The van der Waals surface area contributed by atoms with Crippen molar-refractivity contribution in [2.45, 2.75) is 83.0 Å². The Kier molecular flexibility index (Phi) is 7.86. The SMILES string of the molecule is COC(=O)c1sc(N)nc1C1CCCCCCCCCCCC1. The summed E-state index contributed by atoms with van der Waals surface area (Å²) in [6.07, 6.45) is 15.4. The van der Waals surface area contributed by atoms with Crippen LogP contribution in [0.4, 0.5) is 5.13 Å². The molecule has 1 saturated carbocycles. The molecule has 5 heteroatoms. The summed E-state index contributed by atoms with van der Waals surface area (Å²) >= 11 is 1.26. The number of rotatable bonds is 2. The van der Waals surface area contributed by atoms with Gasteiger partial charge in [0.2, 0.25) is 0 Å². The van der Waals surface area contributed by atoms with Gasteiger partial charge in [0.1, 0.15) is 4.88 Å². The minimum Gasteiger partial charge on any atom is -0.465 e. The van der Waals surface area contributed by atoms with Gasteiger partial charge in [-0.3, -0.25) is 0 Å². The molecule has 0 radical (unpaired) electrons. The maximum Gasteiger partial charge on any atom is 0.350 e. The highest BCUT2D eigenvalue weighted by Crippen LogP contribution is 2.34. The molecule has 4 nitrogen and oxygen atoms in total. The number of esters is 1. The van der Waals surface area contributed by atoms with Crippen molar-refractivity contribution in [3.8, 4) is 0 Å². The number of hydrogen-bond acceptors (Lipinski definition) is 5. The predicted octanol–water partition coefficient (Wildman–Crippen LogP) is 5.29.